The molecule has 0 fully saturated rings. The van der Waals surface area contributed by atoms with Crippen LogP contribution in [0.5, 0.6) is 5.75 Å². The lowest BCUT2D eigenvalue weighted by atomic mass is 9.92. The summed E-state index contributed by atoms with van der Waals surface area (Å²) in [6.07, 6.45) is -0.157. The van der Waals surface area contributed by atoms with Gasteiger partial charge in [0.05, 0.1) is 24.3 Å². The summed E-state index contributed by atoms with van der Waals surface area (Å²) in [7, 11) is 1.49. The number of hydrogen-bond acceptors (Lipinski definition) is 6. The molecule has 0 spiro atoms. The van der Waals surface area contributed by atoms with Gasteiger partial charge in [0, 0.05) is 17.2 Å². The SMILES string of the molecule is COc1ccccc1NC(=O)[C@@H]1CC(=O)Nc2nc(SCc3ccc(Cl)cc3)[nH]c(=O)c21. The predicted octanol–water partition coefficient (Wildman–Crippen LogP) is 3.79. The fraction of sp³-hybridized carbons (Fsp3) is 0.182. The van der Waals surface area contributed by atoms with Crippen molar-refractivity contribution in [2.75, 3.05) is 17.7 Å². The summed E-state index contributed by atoms with van der Waals surface area (Å²) in [5.74, 6) is -0.727. The maximum absolute atomic E-state index is 13.0. The second-order valence-electron chi connectivity index (χ2n) is 7.04. The van der Waals surface area contributed by atoms with E-state index in [1.165, 1.54) is 18.9 Å². The summed E-state index contributed by atoms with van der Waals surface area (Å²) in [6, 6.07) is 14.2. The van der Waals surface area contributed by atoms with E-state index >= 15 is 0 Å². The summed E-state index contributed by atoms with van der Waals surface area (Å²) in [4.78, 5) is 45.2. The third-order valence-electron chi connectivity index (χ3n) is 4.90. The molecule has 1 aromatic heterocycles. The Hall–Kier alpha value is -3.30. The minimum absolute atomic E-state index is 0.101. The maximum Gasteiger partial charge on any atom is 0.257 e. The largest absolute Gasteiger partial charge is 0.495 e. The highest BCUT2D eigenvalue weighted by molar-refractivity contribution is 7.98. The highest BCUT2D eigenvalue weighted by atomic mass is 35.5. The van der Waals surface area contributed by atoms with Gasteiger partial charge in [-0.15, -0.1) is 0 Å². The van der Waals surface area contributed by atoms with E-state index in [2.05, 4.69) is 20.6 Å². The number of hydrogen-bond donors (Lipinski definition) is 3. The molecule has 2 aromatic carbocycles. The minimum atomic E-state index is -0.977. The van der Waals surface area contributed by atoms with Crippen LogP contribution in [0.25, 0.3) is 0 Å². The Morgan fingerprint density at radius 3 is 2.72 bits per heavy atom. The van der Waals surface area contributed by atoms with Crippen molar-refractivity contribution in [1.82, 2.24) is 9.97 Å². The normalized spacial score (nSPS) is 14.9. The first-order chi connectivity index (χ1) is 15.4. The van der Waals surface area contributed by atoms with Crippen molar-refractivity contribution >= 4 is 46.7 Å². The molecule has 1 aliphatic heterocycles. The van der Waals surface area contributed by atoms with Crippen LogP contribution in [0.15, 0.2) is 58.5 Å². The number of aromatic nitrogens is 2. The molecule has 3 aromatic rings. The molecule has 8 nitrogen and oxygen atoms in total. The summed E-state index contributed by atoms with van der Waals surface area (Å²) < 4.78 is 5.25. The number of halogens is 1. The third kappa shape index (κ3) is 4.79. The van der Waals surface area contributed by atoms with Crippen molar-refractivity contribution in [3.8, 4) is 5.75 Å². The topological polar surface area (TPSA) is 113 Å². The number of ether oxygens (including phenoxy) is 1. The van der Waals surface area contributed by atoms with Crippen molar-refractivity contribution in [3.05, 3.63) is 75.0 Å². The number of amides is 2. The Morgan fingerprint density at radius 1 is 1.22 bits per heavy atom. The summed E-state index contributed by atoms with van der Waals surface area (Å²) in [5, 5.41) is 6.34. The number of H-pyrrole nitrogens is 1. The number of fused-ring (bicyclic) bond motifs is 1. The molecular formula is C22H19ClN4O4S. The molecule has 0 radical (unpaired) electrons. The molecule has 4 rings (SSSR count). The average Bonchev–Trinajstić information content (AvgIpc) is 2.78. The zero-order valence-corrected chi connectivity index (χ0v) is 18.5. The Bertz CT molecular complexity index is 1230. The molecule has 1 atom stereocenters. The van der Waals surface area contributed by atoms with Gasteiger partial charge in [-0.1, -0.05) is 47.6 Å². The van der Waals surface area contributed by atoms with Crippen LogP contribution in [0.1, 0.15) is 23.5 Å². The van der Waals surface area contributed by atoms with Gasteiger partial charge in [0.1, 0.15) is 11.6 Å². The van der Waals surface area contributed by atoms with Gasteiger partial charge in [-0.05, 0) is 29.8 Å². The molecule has 2 heterocycles. The Balaban J connectivity index is 1.57. The molecule has 10 heteroatoms. The number of methoxy groups -OCH3 is 1. The van der Waals surface area contributed by atoms with Crippen LogP contribution in [-0.2, 0) is 15.3 Å². The summed E-state index contributed by atoms with van der Waals surface area (Å²) in [5.41, 5.74) is 1.12. The van der Waals surface area contributed by atoms with E-state index in [9.17, 15) is 14.4 Å². The van der Waals surface area contributed by atoms with E-state index in [-0.39, 0.29) is 23.7 Å². The number of carbonyl (C=O) groups excluding carboxylic acids is 2. The third-order valence-corrected chi connectivity index (χ3v) is 6.10. The lowest BCUT2D eigenvalue weighted by Crippen LogP contribution is -2.36. The number of aromatic amines is 1. The molecule has 0 saturated heterocycles. The van der Waals surface area contributed by atoms with E-state index in [4.69, 9.17) is 16.3 Å². The van der Waals surface area contributed by atoms with Gasteiger partial charge in [0.25, 0.3) is 5.56 Å². The van der Waals surface area contributed by atoms with Crippen LogP contribution in [0, 0.1) is 0 Å². The number of anilines is 2. The molecule has 0 unspecified atom stereocenters. The fourth-order valence-electron chi connectivity index (χ4n) is 3.34. The highest BCUT2D eigenvalue weighted by Gasteiger charge is 2.35. The molecule has 0 bridgehead atoms. The molecule has 0 saturated carbocycles. The number of nitrogens with one attached hydrogen (secondary N) is 3. The second kappa shape index (κ2) is 9.46. The first kappa shape index (κ1) is 21.9. The van der Waals surface area contributed by atoms with E-state index in [0.717, 1.165) is 5.56 Å². The van der Waals surface area contributed by atoms with Crippen molar-refractivity contribution in [2.24, 2.45) is 0 Å². The number of rotatable bonds is 6. The van der Waals surface area contributed by atoms with Gasteiger partial charge in [-0.3, -0.25) is 14.4 Å². The van der Waals surface area contributed by atoms with Gasteiger partial charge >= 0.3 is 0 Å². The number of para-hydroxylation sites is 2. The monoisotopic (exact) mass is 470 g/mol. The quantitative estimate of drug-likeness (QED) is 0.373. The molecule has 2 amide bonds. The van der Waals surface area contributed by atoms with E-state index in [1.54, 1.807) is 36.4 Å². The van der Waals surface area contributed by atoms with Crippen LogP contribution in [0.2, 0.25) is 5.02 Å². The molecule has 3 N–H and O–H groups in total. The smallest absolute Gasteiger partial charge is 0.257 e. The van der Waals surface area contributed by atoms with Crippen LogP contribution < -0.4 is 20.9 Å². The first-order valence-corrected chi connectivity index (χ1v) is 11.1. The van der Waals surface area contributed by atoms with Gasteiger partial charge in [0.15, 0.2) is 5.16 Å². The average molecular weight is 471 g/mol. The van der Waals surface area contributed by atoms with Crippen molar-refractivity contribution in [1.29, 1.82) is 0 Å². The zero-order valence-electron chi connectivity index (χ0n) is 17.0. The van der Waals surface area contributed by atoms with E-state index < -0.39 is 17.4 Å². The van der Waals surface area contributed by atoms with Crippen LogP contribution >= 0.6 is 23.4 Å². The number of carbonyl (C=O) groups is 2. The van der Waals surface area contributed by atoms with E-state index in [0.29, 0.717) is 27.4 Å². The van der Waals surface area contributed by atoms with Gasteiger partial charge < -0.3 is 20.4 Å². The highest BCUT2D eigenvalue weighted by Crippen LogP contribution is 2.32. The fourth-order valence-corrected chi connectivity index (χ4v) is 4.29. The molecular weight excluding hydrogens is 452 g/mol. The number of benzene rings is 2. The zero-order chi connectivity index (χ0) is 22.7. The molecule has 164 valence electrons. The molecule has 1 aliphatic rings. The van der Waals surface area contributed by atoms with Gasteiger partial charge in [-0.2, -0.15) is 0 Å². The summed E-state index contributed by atoms with van der Waals surface area (Å²) >= 11 is 7.21. The maximum atomic E-state index is 13.0. The first-order valence-electron chi connectivity index (χ1n) is 9.70. The Kier molecular flexibility index (Phi) is 6.48. The van der Waals surface area contributed by atoms with E-state index in [1.807, 2.05) is 12.1 Å². The summed E-state index contributed by atoms with van der Waals surface area (Å²) in [6.45, 7) is 0. The second-order valence-corrected chi connectivity index (χ2v) is 8.44. The van der Waals surface area contributed by atoms with Crippen LogP contribution in [-0.4, -0.2) is 28.9 Å². The number of nitrogens with zero attached hydrogens (tertiary/aromatic N) is 1. The lowest BCUT2D eigenvalue weighted by Gasteiger charge is -2.23. The van der Waals surface area contributed by atoms with Crippen molar-refractivity contribution in [3.63, 3.8) is 0 Å². The lowest BCUT2D eigenvalue weighted by molar-refractivity contribution is -0.123. The predicted molar refractivity (Wildman–Crippen MR) is 123 cm³/mol. The Labute approximate surface area is 192 Å². The van der Waals surface area contributed by atoms with Crippen molar-refractivity contribution < 1.29 is 14.3 Å². The van der Waals surface area contributed by atoms with Gasteiger partial charge in [0.2, 0.25) is 11.8 Å². The molecule has 32 heavy (non-hydrogen) atoms. The van der Waals surface area contributed by atoms with Crippen molar-refractivity contribution in [2.45, 2.75) is 23.2 Å². The van der Waals surface area contributed by atoms with Gasteiger partial charge in [-0.25, -0.2) is 4.98 Å². The number of thioether (sulfide) groups is 1. The minimum Gasteiger partial charge on any atom is -0.495 e. The van der Waals surface area contributed by atoms with Crippen LogP contribution in [0.4, 0.5) is 11.5 Å². The van der Waals surface area contributed by atoms with Crippen LogP contribution in [0.3, 0.4) is 0 Å². The Morgan fingerprint density at radius 2 is 1.97 bits per heavy atom. The standard InChI is InChI=1S/C22H19ClN4O4S/c1-31-16-5-3-2-4-15(16)24-20(29)14-10-17(28)25-19-18(14)21(30)27-22(26-19)32-11-12-6-8-13(23)9-7-12/h2-9,14H,10-11H2,1H3,(H,24,29)(H2,25,26,27,28,30)/t14-/m1/s1. The molecule has 0 aliphatic carbocycles.